The molecule has 0 aliphatic heterocycles. The number of aliphatic hydroxyl groups is 2. The third kappa shape index (κ3) is 8.78. The van der Waals surface area contributed by atoms with E-state index in [1.807, 2.05) is 114 Å². The van der Waals surface area contributed by atoms with Crippen molar-refractivity contribution in [3.63, 3.8) is 0 Å². The highest BCUT2D eigenvalue weighted by molar-refractivity contribution is 6.41. The van der Waals surface area contributed by atoms with Gasteiger partial charge in [-0.3, -0.25) is 4.79 Å². The summed E-state index contributed by atoms with van der Waals surface area (Å²) in [5, 5.41) is 20.4. The number of ketones is 1. The molecular formula is C33H50O5. The van der Waals surface area contributed by atoms with Crippen LogP contribution in [0.25, 0.3) is 0 Å². The minimum atomic E-state index is -0.838. The Morgan fingerprint density at radius 3 is 1.37 bits per heavy atom. The Hall–Kier alpha value is -2.50. The molecule has 2 unspecified atom stereocenters. The number of carbonyl (C=O) groups is 2. The molecule has 0 aliphatic rings. The van der Waals surface area contributed by atoms with Gasteiger partial charge in [-0.1, -0.05) is 83.9 Å². The Kier molecular flexibility index (Phi) is 11.5. The van der Waals surface area contributed by atoms with E-state index in [1.165, 1.54) is 0 Å². The number of aliphatic hydroxyl groups excluding tert-OH is 2. The molecule has 0 saturated carbocycles. The smallest absolute Gasteiger partial charge is 0.385 e. The first-order valence-electron chi connectivity index (χ1n) is 13.5. The van der Waals surface area contributed by atoms with Gasteiger partial charge in [0.15, 0.2) is 0 Å². The van der Waals surface area contributed by atoms with Gasteiger partial charge in [0.25, 0.3) is 5.78 Å². The number of hydrogen-bond donors (Lipinski definition) is 2. The van der Waals surface area contributed by atoms with Crippen molar-refractivity contribution in [1.82, 2.24) is 0 Å². The molecule has 2 rings (SSSR count). The lowest BCUT2D eigenvalue weighted by atomic mass is 9.71. The van der Waals surface area contributed by atoms with Gasteiger partial charge in [0.05, 0.1) is 12.2 Å². The Morgan fingerprint density at radius 1 is 0.711 bits per heavy atom. The third-order valence-electron chi connectivity index (χ3n) is 6.95. The molecule has 5 nitrogen and oxygen atoms in total. The molecule has 0 heterocycles. The van der Waals surface area contributed by atoms with Crippen LogP contribution in [0.2, 0.25) is 0 Å². The molecule has 0 fully saturated rings. The van der Waals surface area contributed by atoms with E-state index in [-0.39, 0.29) is 16.7 Å². The van der Waals surface area contributed by atoms with Gasteiger partial charge in [-0.15, -0.1) is 0 Å². The summed E-state index contributed by atoms with van der Waals surface area (Å²) in [5.41, 5.74) is 5.53. The van der Waals surface area contributed by atoms with E-state index in [4.69, 9.17) is 4.74 Å². The van der Waals surface area contributed by atoms with Crippen molar-refractivity contribution in [3.05, 3.63) is 63.2 Å². The lowest BCUT2D eigenvalue weighted by Gasteiger charge is -2.40. The Labute approximate surface area is 230 Å². The number of carbonyl (C=O) groups excluding carboxylic acids is 2. The normalized spacial score (nSPS) is 14.2. The van der Waals surface area contributed by atoms with Gasteiger partial charge in [0.1, 0.15) is 5.75 Å². The number of hydrogen-bond acceptors (Lipinski definition) is 5. The summed E-state index contributed by atoms with van der Waals surface area (Å²) < 4.78 is 5.40. The molecule has 0 amide bonds. The van der Waals surface area contributed by atoms with Crippen LogP contribution < -0.4 is 4.74 Å². The van der Waals surface area contributed by atoms with E-state index in [2.05, 4.69) is 0 Å². The van der Waals surface area contributed by atoms with Crippen LogP contribution >= 0.6 is 0 Å². The van der Waals surface area contributed by atoms with E-state index >= 15 is 0 Å². The SMILES string of the molecule is CCC(C(O)C(C)(C)C)C(O)C(C)(C)C.Cc1cc(C)c(OC(=O)C(=O)c2c(C)cc(C)cc2C)c(C)c1. The maximum absolute atomic E-state index is 12.5. The Bertz CT molecular complexity index is 1070. The second-order valence-corrected chi connectivity index (χ2v) is 12.9. The van der Waals surface area contributed by atoms with Gasteiger partial charge in [-0.25, -0.2) is 4.79 Å². The second-order valence-electron chi connectivity index (χ2n) is 12.9. The topological polar surface area (TPSA) is 83.8 Å². The molecule has 0 aliphatic carbocycles. The highest BCUT2D eigenvalue weighted by atomic mass is 16.5. The summed E-state index contributed by atoms with van der Waals surface area (Å²) in [6.07, 6.45) is -0.120. The first kappa shape index (κ1) is 33.5. The summed E-state index contributed by atoms with van der Waals surface area (Å²) in [4.78, 5) is 24.8. The molecule has 0 spiro atoms. The maximum Gasteiger partial charge on any atom is 0.385 e. The summed E-state index contributed by atoms with van der Waals surface area (Å²) >= 11 is 0. The van der Waals surface area contributed by atoms with E-state index < -0.39 is 24.0 Å². The van der Waals surface area contributed by atoms with Crippen molar-refractivity contribution < 1.29 is 24.5 Å². The third-order valence-corrected chi connectivity index (χ3v) is 6.95. The quantitative estimate of drug-likeness (QED) is 0.181. The lowest BCUT2D eigenvalue weighted by Crippen LogP contribution is -2.45. The fourth-order valence-electron chi connectivity index (χ4n) is 5.01. The molecular weight excluding hydrogens is 476 g/mol. The van der Waals surface area contributed by atoms with Crippen LogP contribution in [0.1, 0.15) is 98.6 Å². The van der Waals surface area contributed by atoms with E-state index in [1.54, 1.807) is 0 Å². The van der Waals surface area contributed by atoms with Crippen LogP contribution in [-0.2, 0) is 4.79 Å². The van der Waals surface area contributed by atoms with E-state index in [9.17, 15) is 19.8 Å². The fourth-order valence-corrected chi connectivity index (χ4v) is 5.01. The summed E-state index contributed by atoms with van der Waals surface area (Å²) in [6, 6.07) is 7.66. The first-order valence-corrected chi connectivity index (χ1v) is 13.5. The van der Waals surface area contributed by atoms with E-state index in [0.717, 1.165) is 39.8 Å². The molecule has 2 N–H and O–H groups in total. The largest absolute Gasteiger partial charge is 0.420 e. The van der Waals surface area contributed by atoms with Crippen molar-refractivity contribution in [2.24, 2.45) is 16.7 Å². The van der Waals surface area contributed by atoms with Crippen molar-refractivity contribution in [2.75, 3.05) is 0 Å². The molecule has 0 radical (unpaired) electrons. The number of benzene rings is 2. The van der Waals surface area contributed by atoms with Crippen LogP contribution in [0.3, 0.4) is 0 Å². The van der Waals surface area contributed by atoms with Crippen molar-refractivity contribution in [1.29, 1.82) is 0 Å². The Balaban J connectivity index is 0.000000420. The van der Waals surface area contributed by atoms with Crippen molar-refractivity contribution in [3.8, 4) is 5.75 Å². The van der Waals surface area contributed by atoms with Gasteiger partial charge in [0.2, 0.25) is 0 Å². The standard InChI is InChI=1S/C20H22O3.C13H28O2/c1-11-7-13(3)17(14(4)8-11)18(21)20(22)23-19-15(5)9-12(2)10-16(19)6;1-8-9(10(14)12(2,3)4)11(15)13(5,6)7/h7-10H,1-6H3;9-11,14-15H,8H2,1-7H3. The minimum Gasteiger partial charge on any atom is -0.420 e. The van der Waals surface area contributed by atoms with Crippen LogP contribution in [0.15, 0.2) is 24.3 Å². The lowest BCUT2D eigenvalue weighted by molar-refractivity contribution is -0.129. The van der Waals surface area contributed by atoms with Gasteiger partial charge >= 0.3 is 5.97 Å². The van der Waals surface area contributed by atoms with Crippen molar-refractivity contribution >= 4 is 11.8 Å². The molecule has 0 saturated heterocycles. The molecule has 2 aromatic carbocycles. The van der Waals surface area contributed by atoms with Gasteiger partial charge in [-0.05, 0) is 81.0 Å². The van der Waals surface area contributed by atoms with Crippen LogP contribution in [0.4, 0.5) is 0 Å². The molecule has 5 heteroatoms. The zero-order chi connectivity index (χ0) is 29.7. The molecule has 0 bridgehead atoms. The number of aryl methyl sites for hydroxylation is 6. The zero-order valence-electron chi connectivity index (χ0n) is 25.9. The molecule has 212 valence electrons. The summed E-state index contributed by atoms with van der Waals surface area (Å²) in [6.45, 7) is 25.4. The first-order chi connectivity index (χ1) is 17.2. The highest BCUT2D eigenvalue weighted by Gasteiger charge is 2.38. The zero-order valence-corrected chi connectivity index (χ0v) is 25.9. The van der Waals surface area contributed by atoms with Gasteiger partial charge in [-0.2, -0.15) is 0 Å². The molecule has 2 atom stereocenters. The van der Waals surface area contributed by atoms with Crippen LogP contribution in [0, 0.1) is 58.3 Å². The van der Waals surface area contributed by atoms with Gasteiger partial charge in [0, 0.05) is 11.5 Å². The summed E-state index contributed by atoms with van der Waals surface area (Å²) in [5.74, 6) is -1.02. The van der Waals surface area contributed by atoms with Gasteiger partial charge < -0.3 is 14.9 Å². The monoisotopic (exact) mass is 526 g/mol. The number of Topliss-reactive ketones (excluding diaryl/α,β-unsaturated/α-hetero) is 1. The number of esters is 1. The van der Waals surface area contributed by atoms with Crippen LogP contribution in [0.5, 0.6) is 5.75 Å². The summed E-state index contributed by atoms with van der Waals surface area (Å²) in [7, 11) is 0. The number of rotatable bonds is 6. The van der Waals surface area contributed by atoms with Crippen LogP contribution in [-0.4, -0.2) is 34.2 Å². The second kappa shape index (κ2) is 13.0. The minimum absolute atomic E-state index is 0.0509. The molecule has 0 aromatic heterocycles. The molecule has 2 aromatic rings. The fraction of sp³-hybridized carbons (Fsp3) is 0.576. The number of ether oxygens (including phenoxy) is 1. The predicted molar refractivity (Wildman–Crippen MR) is 156 cm³/mol. The molecule has 38 heavy (non-hydrogen) atoms. The average Bonchev–Trinajstić information content (AvgIpc) is 2.74. The Morgan fingerprint density at radius 2 is 1.05 bits per heavy atom. The van der Waals surface area contributed by atoms with Crippen molar-refractivity contribution in [2.45, 2.75) is 109 Å². The average molecular weight is 527 g/mol. The predicted octanol–water partition coefficient (Wildman–Crippen LogP) is 7.15. The highest BCUT2D eigenvalue weighted by Crippen LogP contribution is 2.35. The maximum atomic E-state index is 12.5. The van der Waals surface area contributed by atoms with E-state index in [0.29, 0.717) is 11.3 Å².